The molecule has 1 aromatic carbocycles. The first kappa shape index (κ1) is 17.9. The van der Waals surface area contributed by atoms with Gasteiger partial charge in [0.15, 0.2) is 0 Å². The van der Waals surface area contributed by atoms with Crippen molar-refractivity contribution in [3.8, 4) is 0 Å². The van der Waals surface area contributed by atoms with Crippen LogP contribution in [0.5, 0.6) is 0 Å². The molecule has 0 saturated carbocycles. The Bertz CT molecular complexity index is 830. The monoisotopic (exact) mass is 356 g/mol. The molecule has 5 heteroatoms. The van der Waals surface area contributed by atoms with Gasteiger partial charge >= 0.3 is 0 Å². The van der Waals surface area contributed by atoms with Crippen LogP contribution in [0, 0.1) is 12.8 Å². The van der Waals surface area contributed by atoms with Gasteiger partial charge < -0.3 is 10.1 Å². The second kappa shape index (κ2) is 7.56. The van der Waals surface area contributed by atoms with E-state index in [9.17, 15) is 0 Å². The summed E-state index contributed by atoms with van der Waals surface area (Å²) in [6.07, 6.45) is 2.11. The van der Waals surface area contributed by atoms with Gasteiger partial charge in [-0.2, -0.15) is 0 Å². The van der Waals surface area contributed by atoms with Crippen LogP contribution in [-0.2, 0) is 6.54 Å². The molecule has 4 nitrogen and oxygen atoms in total. The topological polar surface area (TPSA) is 46.6 Å². The second-order valence-electron chi connectivity index (χ2n) is 6.78. The van der Waals surface area contributed by atoms with Gasteiger partial charge in [-0.3, -0.25) is 4.90 Å². The molecule has 2 N–H and O–H groups in total. The molecule has 1 fully saturated rings. The zero-order valence-electron chi connectivity index (χ0n) is 14.5. The standard InChI is InChI=1S/C20H24N4.ClH/c1-15-19(24-10-6-5-9-20(24)22-15)14-23-12-17(11-21)18(13-23)16-7-3-2-4-8-16;/h2-10,17-18H,11-14,21H2,1H3;1H/t17-,18+;/m1./s1. The fourth-order valence-electron chi connectivity index (χ4n) is 3.97. The molecule has 0 bridgehead atoms. The van der Waals surface area contributed by atoms with Gasteiger partial charge in [0.1, 0.15) is 5.65 Å². The average molecular weight is 357 g/mol. The number of hydrogen-bond acceptors (Lipinski definition) is 3. The lowest BCUT2D eigenvalue weighted by molar-refractivity contribution is 0.311. The van der Waals surface area contributed by atoms with Crippen molar-refractivity contribution in [1.29, 1.82) is 0 Å². The summed E-state index contributed by atoms with van der Waals surface area (Å²) in [4.78, 5) is 7.21. The van der Waals surface area contributed by atoms with Gasteiger partial charge in [0.2, 0.25) is 0 Å². The van der Waals surface area contributed by atoms with Crippen LogP contribution in [0.3, 0.4) is 0 Å². The van der Waals surface area contributed by atoms with Gasteiger partial charge in [0.05, 0.1) is 11.4 Å². The van der Waals surface area contributed by atoms with Crippen LogP contribution in [0.25, 0.3) is 5.65 Å². The molecular weight excluding hydrogens is 332 g/mol. The van der Waals surface area contributed by atoms with E-state index in [0.717, 1.165) is 37.5 Å². The van der Waals surface area contributed by atoms with E-state index < -0.39 is 0 Å². The Morgan fingerprint density at radius 3 is 2.60 bits per heavy atom. The fraction of sp³-hybridized carbons (Fsp3) is 0.350. The summed E-state index contributed by atoms with van der Waals surface area (Å²) in [6, 6.07) is 17.0. The molecule has 1 aliphatic heterocycles. The number of imidazole rings is 1. The van der Waals surface area contributed by atoms with E-state index in [1.165, 1.54) is 11.3 Å². The van der Waals surface area contributed by atoms with Crippen LogP contribution < -0.4 is 5.73 Å². The quantitative estimate of drug-likeness (QED) is 0.780. The van der Waals surface area contributed by atoms with Gasteiger partial charge in [-0.1, -0.05) is 36.4 Å². The summed E-state index contributed by atoms with van der Waals surface area (Å²) in [5.74, 6) is 1.04. The highest BCUT2D eigenvalue weighted by molar-refractivity contribution is 5.85. The maximum Gasteiger partial charge on any atom is 0.137 e. The molecule has 2 aromatic heterocycles. The number of aromatic nitrogens is 2. The van der Waals surface area contributed by atoms with Crippen molar-refractivity contribution in [3.05, 3.63) is 71.7 Å². The zero-order chi connectivity index (χ0) is 16.5. The molecule has 0 spiro atoms. The number of benzene rings is 1. The lowest BCUT2D eigenvalue weighted by atomic mass is 9.89. The summed E-state index contributed by atoms with van der Waals surface area (Å²) in [7, 11) is 0. The third kappa shape index (κ3) is 3.43. The first-order valence-electron chi connectivity index (χ1n) is 8.66. The van der Waals surface area contributed by atoms with Crippen LogP contribution in [0.1, 0.15) is 22.9 Å². The van der Waals surface area contributed by atoms with Crippen molar-refractivity contribution in [3.63, 3.8) is 0 Å². The summed E-state index contributed by atoms with van der Waals surface area (Å²) >= 11 is 0. The number of fused-ring (bicyclic) bond motifs is 1. The molecule has 0 aliphatic carbocycles. The molecule has 1 aliphatic rings. The van der Waals surface area contributed by atoms with Crippen LogP contribution >= 0.6 is 12.4 Å². The largest absolute Gasteiger partial charge is 0.330 e. The van der Waals surface area contributed by atoms with Gasteiger partial charge in [-0.15, -0.1) is 12.4 Å². The SMILES string of the molecule is Cc1nc2ccccn2c1CN1C[C@@H](CN)[C@H](c2ccccc2)C1.Cl. The van der Waals surface area contributed by atoms with E-state index in [4.69, 9.17) is 5.73 Å². The minimum Gasteiger partial charge on any atom is -0.330 e. The van der Waals surface area contributed by atoms with Crippen molar-refractivity contribution in [2.45, 2.75) is 19.4 Å². The summed E-state index contributed by atoms with van der Waals surface area (Å²) in [5.41, 5.74) is 10.9. The van der Waals surface area contributed by atoms with E-state index in [-0.39, 0.29) is 12.4 Å². The minimum atomic E-state index is 0. The highest BCUT2D eigenvalue weighted by atomic mass is 35.5. The molecule has 0 unspecified atom stereocenters. The zero-order valence-corrected chi connectivity index (χ0v) is 15.3. The third-order valence-electron chi connectivity index (χ3n) is 5.25. The molecule has 3 heterocycles. The van der Waals surface area contributed by atoms with Crippen molar-refractivity contribution >= 4 is 18.1 Å². The normalized spacial score (nSPS) is 20.7. The van der Waals surface area contributed by atoms with E-state index >= 15 is 0 Å². The highest BCUT2D eigenvalue weighted by Gasteiger charge is 2.33. The van der Waals surface area contributed by atoms with E-state index in [0.29, 0.717) is 11.8 Å². The first-order valence-corrected chi connectivity index (χ1v) is 8.66. The fourth-order valence-corrected chi connectivity index (χ4v) is 3.97. The Morgan fingerprint density at radius 1 is 1.08 bits per heavy atom. The molecule has 132 valence electrons. The predicted octanol–water partition coefficient (Wildman–Crippen LogP) is 3.24. The second-order valence-corrected chi connectivity index (χ2v) is 6.78. The predicted molar refractivity (Wildman–Crippen MR) is 104 cm³/mol. The van der Waals surface area contributed by atoms with Crippen molar-refractivity contribution in [2.75, 3.05) is 19.6 Å². The lowest BCUT2D eigenvalue weighted by Crippen LogP contribution is -2.24. The molecule has 0 amide bonds. The van der Waals surface area contributed by atoms with Crippen molar-refractivity contribution in [2.24, 2.45) is 11.7 Å². The number of pyridine rings is 1. The number of rotatable bonds is 4. The van der Waals surface area contributed by atoms with Crippen LogP contribution in [0.4, 0.5) is 0 Å². The van der Waals surface area contributed by atoms with Gasteiger partial charge in [0.25, 0.3) is 0 Å². The Labute approximate surface area is 155 Å². The van der Waals surface area contributed by atoms with E-state index in [1.807, 2.05) is 6.07 Å². The first-order chi connectivity index (χ1) is 11.8. The van der Waals surface area contributed by atoms with Crippen LogP contribution in [0.15, 0.2) is 54.7 Å². The van der Waals surface area contributed by atoms with Crippen molar-refractivity contribution < 1.29 is 0 Å². The third-order valence-corrected chi connectivity index (χ3v) is 5.25. The molecule has 25 heavy (non-hydrogen) atoms. The highest BCUT2D eigenvalue weighted by Crippen LogP contribution is 2.33. The summed E-state index contributed by atoms with van der Waals surface area (Å²) in [5, 5.41) is 0. The van der Waals surface area contributed by atoms with Crippen LogP contribution in [0.2, 0.25) is 0 Å². The number of aryl methyl sites for hydroxylation is 1. The molecule has 4 rings (SSSR count). The number of halogens is 1. The molecule has 3 aromatic rings. The van der Waals surface area contributed by atoms with E-state index in [2.05, 4.69) is 69.9 Å². The van der Waals surface area contributed by atoms with Crippen molar-refractivity contribution in [1.82, 2.24) is 14.3 Å². The summed E-state index contributed by atoms with van der Waals surface area (Å²) in [6.45, 7) is 5.88. The van der Waals surface area contributed by atoms with Gasteiger partial charge in [-0.25, -0.2) is 4.98 Å². The molecular formula is C20H25ClN4. The Morgan fingerprint density at radius 2 is 1.84 bits per heavy atom. The average Bonchev–Trinajstić information content (AvgIpc) is 3.17. The number of likely N-dealkylation sites (tertiary alicyclic amines) is 1. The number of hydrogen-bond donors (Lipinski definition) is 1. The maximum atomic E-state index is 6.07. The number of nitrogens with zero attached hydrogens (tertiary/aromatic N) is 3. The lowest BCUT2D eigenvalue weighted by Gasteiger charge is -2.17. The number of nitrogens with two attached hydrogens (primary N) is 1. The van der Waals surface area contributed by atoms with Gasteiger partial charge in [-0.05, 0) is 37.1 Å². The molecule has 0 radical (unpaired) electrons. The Kier molecular flexibility index (Phi) is 5.42. The minimum absolute atomic E-state index is 0. The van der Waals surface area contributed by atoms with Gasteiger partial charge in [0, 0.05) is 31.7 Å². The van der Waals surface area contributed by atoms with Crippen LogP contribution in [-0.4, -0.2) is 33.9 Å². The smallest absolute Gasteiger partial charge is 0.137 e. The molecule has 1 saturated heterocycles. The molecule has 2 atom stereocenters. The Hall–Kier alpha value is -1.88. The Balaban J connectivity index is 0.00000182. The summed E-state index contributed by atoms with van der Waals surface area (Å²) < 4.78 is 2.21. The van der Waals surface area contributed by atoms with E-state index in [1.54, 1.807) is 0 Å². The maximum absolute atomic E-state index is 6.07.